The van der Waals surface area contributed by atoms with Crippen LogP contribution < -0.4 is 14.2 Å². The molecule has 2 fully saturated rings. The summed E-state index contributed by atoms with van der Waals surface area (Å²) in [5.74, 6) is 0.305. The number of aromatic nitrogens is 2. The molecule has 0 saturated carbocycles. The van der Waals surface area contributed by atoms with Gasteiger partial charge >= 0.3 is 5.97 Å². The molecule has 6 rings (SSSR count). The number of rotatable bonds is 16. The number of carbonyl (C=O) groups is 1. The molecule has 0 aliphatic carbocycles. The van der Waals surface area contributed by atoms with Crippen LogP contribution in [0.2, 0.25) is 5.02 Å². The lowest BCUT2D eigenvalue weighted by Gasteiger charge is -2.32. The highest BCUT2D eigenvalue weighted by Gasteiger charge is 2.28. The van der Waals surface area contributed by atoms with Gasteiger partial charge in [-0.2, -0.15) is 0 Å². The monoisotopic (exact) mass is 738 g/mol. The number of hydrogen-bond donors (Lipinski definition) is 1. The number of fused-ring (bicyclic) bond motifs is 1. The minimum atomic E-state index is -1.24. The first-order valence-corrected chi connectivity index (χ1v) is 18.9. The Balaban J connectivity index is 1.29. The Kier molecular flexibility index (Phi) is 13.0. The Bertz CT molecular complexity index is 1770. The van der Waals surface area contributed by atoms with Crippen LogP contribution in [0.15, 0.2) is 42.7 Å². The number of ether oxygens (including phenoxy) is 5. The number of carboxylic acids is 1. The van der Waals surface area contributed by atoms with Crippen molar-refractivity contribution in [1.29, 1.82) is 0 Å². The van der Waals surface area contributed by atoms with E-state index in [0.29, 0.717) is 52.1 Å². The highest BCUT2D eigenvalue weighted by molar-refractivity contribution is 7.19. The van der Waals surface area contributed by atoms with E-state index in [1.165, 1.54) is 6.33 Å². The first kappa shape index (κ1) is 37.2. The molecule has 13 heteroatoms. The number of methoxy groups -OCH3 is 1. The third-order valence-corrected chi connectivity index (χ3v) is 11.1. The Morgan fingerprint density at radius 2 is 1.92 bits per heavy atom. The van der Waals surface area contributed by atoms with Crippen LogP contribution in [-0.4, -0.2) is 110 Å². The molecule has 2 saturated heterocycles. The van der Waals surface area contributed by atoms with Crippen molar-refractivity contribution in [2.45, 2.75) is 57.8 Å². The van der Waals surface area contributed by atoms with Crippen molar-refractivity contribution in [1.82, 2.24) is 19.8 Å². The Hall–Kier alpha value is -3.52. The summed E-state index contributed by atoms with van der Waals surface area (Å²) in [4.78, 5) is 28.4. The summed E-state index contributed by atoms with van der Waals surface area (Å²) in [6.07, 6.45) is 4.20. The molecule has 4 aromatic rings. The van der Waals surface area contributed by atoms with Gasteiger partial charge in [0.15, 0.2) is 6.29 Å². The Morgan fingerprint density at radius 3 is 2.69 bits per heavy atom. The molecule has 274 valence electrons. The number of aryl methyl sites for hydroxylation is 1. The van der Waals surface area contributed by atoms with Crippen molar-refractivity contribution >= 4 is 39.1 Å². The first-order chi connectivity index (χ1) is 24.8. The van der Waals surface area contributed by atoms with Crippen molar-refractivity contribution in [3.05, 3.63) is 63.8 Å². The zero-order valence-electron chi connectivity index (χ0n) is 29.6. The SMILES string of the molecule is COCCCc1sc2ncnc(O[C@H](Cc3ccccc3OC3CCCCO3)C(=O)O)c2c1-c1ccc(OCCN2CCN(C)CC2)c(Cl)c1C. The van der Waals surface area contributed by atoms with Crippen LogP contribution in [-0.2, 0) is 27.1 Å². The summed E-state index contributed by atoms with van der Waals surface area (Å²) in [5.41, 5.74) is 3.33. The lowest BCUT2D eigenvalue weighted by atomic mass is 9.97. The molecule has 2 aromatic carbocycles. The van der Waals surface area contributed by atoms with E-state index in [1.54, 1.807) is 18.4 Å². The summed E-state index contributed by atoms with van der Waals surface area (Å²) >= 11 is 8.55. The molecule has 0 bridgehead atoms. The van der Waals surface area contributed by atoms with E-state index >= 15 is 0 Å². The predicted molar refractivity (Wildman–Crippen MR) is 199 cm³/mol. The number of halogens is 1. The number of piperazine rings is 1. The minimum Gasteiger partial charge on any atom is -0.491 e. The summed E-state index contributed by atoms with van der Waals surface area (Å²) in [6, 6.07) is 11.4. The smallest absolute Gasteiger partial charge is 0.345 e. The number of carboxylic acid groups (broad SMARTS) is 1. The molecule has 2 aromatic heterocycles. The van der Waals surface area contributed by atoms with Crippen LogP contribution in [0, 0.1) is 6.92 Å². The van der Waals surface area contributed by atoms with Gasteiger partial charge in [0.1, 0.15) is 29.3 Å². The lowest BCUT2D eigenvalue weighted by molar-refractivity contribution is -0.145. The van der Waals surface area contributed by atoms with E-state index < -0.39 is 12.1 Å². The number of likely N-dealkylation sites (N-methyl/N-ethyl adjacent to an activating group) is 1. The molecule has 1 N–H and O–H groups in total. The van der Waals surface area contributed by atoms with Crippen molar-refractivity contribution in [3.8, 4) is 28.5 Å². The van der Waals surface area contributed by atoms with Crippen molar-refractivity contribution in [2.75, 3.05) is 66.7 Å². The molecule has 2 aliphatic rings. The molecular formula is C38H47ClN4O7S. The van der Waals surface area contributed by atoms with E-state index in [2.05, 4.69) is 26.8 Å². The lowest BCUT2D eigenvalue weighted by Crippen LogP contribution is -2.45. The standard InChI is InChI=1S/C38H47ClN4O7S/c1-25-27(13-14-29(35(25)39)47-22-19-43-17-15-42(2)16-18-43)33-31(11-8-20-46-3)51-37-34(33)36(40-24-41-37)50-30(38(44)45)23-26-9-4-5-10-28(26)49-32-12-6-7-21-48-32/h4-5,9-10,13-14,24,30,32H,6-8,11-12,15-23H2,1-3H3,(H,44,45)/t30-,32?/m1/s1. The van der Waals surface area contributed by atoms with Crippen molar-refractivity contribution < 1.29 is 33.6 Å². The molecule has 2 atom stereocenters. The number of nitrogens with zero attached hydrogens (tertiary/aromatic N) is 4. The molecule has 0 radical (unpaired) electrons. The van der Waals surface area contributed by atoms with E-state index in [4.69, 9.17) is 35.3 Å². The molecule has 1 unspecified atom stereocenters. The summed E-state index contributed by atoms with van der Waals surface area (Å²) < 4.78 is 29.9. The number of para-hydroxylation sites is 1. The van der Waals surface area contributed by atoms with Crippen LogP contribution in [0.25, 0.3) is 21.3 Å². The molecule has 0 amide bonds. The molecule has 2 aliphatic heterocycles. The predicted octanol–water partition coefficient (Wildman–Crippen LogP) is 6.51. The van der Waals surface area contributed by atoms with Crippen LogP contribution in [0.1, 0.15) is 41.7 Å². The van der Waals surface area contributed by atoms with Crippen molar-refractivity contribution in [2.24, 2.45) is 0 Å². The maximum Gasteiger partial charge on any atom is 0.345 e. The number of aliphatic carboxylic acids is 1. The second kappa shape index (κ2) is 17.8. The van der Waals surface area contributed by atoms with Crippen LogP contribution in [0.5, 0.6) is 17.4 Å². The van der Waals surface area contributed by atoms with Gasteiger partial charge in [0.05, 0.1) is 17.0 Å². The van der Waals surface area contributed by atoms with Gasteiger partial charge < -0.3 is 33.7 Å². The largest absolute Gasteiger partial charge is 0.491 e. The molecule has 0 spiro atoms. The van der Waals surface area contributed by atoms with Crippen LogP contribution >= 0.6 is 22.9 Å². The van der Waals surface area contributed by atoms with Gasteiger partial charge in [-0.3, -0.25) is 4.90 Å². The maximum atomic E-state index is 12.7. The quantitative estimate of drug-likeness (QED) is 0.127. The molecule has 51 heavy (non-hydrogen) atoms. The summed E-state index contributed by atoms with van der Waals surface area (Å²) in [6.45, 7) is 8.73. The summed E-state index contributed by atoms with van der Waals surface area (Å²) in [5, 5.41) is 11.6. The van der Waals surface area contributed by atoms with Crippen LogP contribution in [0.4, 0.5) is 0 Å². The van der Waals surface area contributed by atoms with Crippen LogP contribution in [0.3, 0.4) is 0 Å². The van der Waals surface area contributed by atoms with E-state index in [9.17, 15) is 9.90 Å². The zero-order chi connectivity index (χ0) is 35.7. The van der Waals surface area contributed by atoms with Gasteiger partial charge in [-0.1, -0.05) is 35.9 Å². The number of benzene rings is 2. The fourth-order valence-electron chi connectivity index (χ4n) is 6.53. The topological polar surface area (TPSA) is 116 Å². The Labute approximate surface area is 308 Å². The van der Waals surface area contributed by atoms with E-state index in [-0.39, 0.29) is 18.6 Å². The maximum absolute atomic E-state index is 12.7. The molecule has 11 nitrogen and oxygen atoms in total. The average Bonchev–Trinajstić information content (AvgIpc) is 3.51. The highest BCUT2D eigenvalue weighted by atomic mass is 35.5. The molecular weight excluding hydrogens is 692 g/mol. The second-order valence-electron chi connectivity index (χ2n) is 13.1. The third-order valence-electron chi connectivity index (χ3n) is 9.46. The van der Waals surface area contributed by atoms with Gasteiger partial charge in [-0.15, -0.1) is 11.3 Å². The third kappa shape index (κ3) is 9.29. The first-order valence-electron chi connectivity index (χ1n) is 17.7. The fraction of sp³-hybridized carbons (Fsp3) is 0.500. The van der Waals surface area contributed by atoms with E-state index in [1.807, 2.05) is 43.3 Å². The van der Waals surface area contributed by atoms with Gasteiger partial charge in [0.25, 0.3) is 0 Å². The van der Waals surface area contributed by atoms with E-state index in [0.717, 1.165) is 86.4 Å². The fourth-order valence-corrected chi connectivity index (χ4v) is 7.93. The minimum absolute atomic E-state index is 0.0644. The highest BCUT2D eigenvalue weighted by Crippen LogP contribution is 2.46. The number of thiophene rings is 1. The second-order valence-corrected chi connectivity index (χ2v) is 14.5. The normalized spacial score (nSPS) is 17.8. The van der Waals surface area contributed by atoms with Gasteiger partial charge in [-0.05, 0) is 68.5 Å². The van der Waals surface area contributed by atoms with Crippen molar-refractivity contribution in [3.63, 3.8) is 0 Å². The molecule has 4 heterocycles. The zero-order valence-corrected chi connectivity index (χ0v) is 31.1. The van der Waals surface area contributed by atoms with Gasteiger partial charge in [-0.25, -0.2) is 14.8 Å². The average molecular weight is 739 g/mol. The van der Waals surface area contributed by atoms with Gasteiger partial charge in [0.2, 0.25) is 12.0 Å². The summed E-state index contributed by atoms with van der Waals surface area (Å²) in [7, 11) is 3.83. The van der Waals surface area contributed by atoms with Gasteiger partial charge in [0, 0.05) is 69.7 Å². The number of hydrogen-bond acceptors (Lipinski definition) is 11. The Morgan fingerprint density at radius 1 is 1.10 bits per heavy atom.